The van der Waals surface area contributed by atoms with Gasteiger partial charge in [0.25, 0.3) is 5.91 Å². The SMILES string of the molecule is Cn1ncc(Cl)c1CNC(=O)c1cccc(Cn2cccn2)c1. The Morgan fingerprint density at radius 1 is 1.30 bits per heavy atom. The fraction of sp³-hybridized carbons (Fsp3) is 0.188. The van der Waals surface area contributed by atoms with Crippen molar-refractivity contribution in [1.29, 1.82) is 0 Å². The molecule has 0 atom stereocenters. The molecule has 6 nitrogen and oxygen atoms in total. The van der Waals surface area contributed by atoms with Crippen molar-refractivity contribution in [2.75, 3.05) is 0 Å². The molecule has 0 saturated heterocycles. The molecule has 1 amide bonds. The van der Waals surface area contributed by atoms with E-state index in [1.807, 2.05) is 35.1 Å². The average molecular weight is 330 g/mol. The van der Waals surface area contributed by atoms with Crippen molar-refractivity contribution < 1.29 is 4.79 Å². The molecule has 0 fully saturated rings. The van der Waals surface area contributed by atoms with Crippen molar-refractivity contribution in [1.82, 2.24) is 24.9 Å². The van der Waals surface area contributed by atoms with Crippen LogP contribution < -0.4 is 5.32 Å². The first-order valence-corrected chi connectivity index (χ1v) is 7.52. The Balaban J connectivity index is 1.67. The molecule has 3 rings (SSSR count). The number of benzene rings is 1. The van der Waals surface area contributed by atoms with Gasteiger partial charge in [0, 0.05) is 25.0 Å². The second kappa shape index (κ2) is 6.66. The van der Waals surface area contributed by atoms with Crippen molar-refractivity contribution in [2.45, 2.75) is 13.1 Å². The van der Waals surface area contributed by atoms with Gasteiger partial charge in [-0.1, -0.05) is 23.7 Å². The van der Waals surface area contributed by atoms with Crippen LogP contribution in [0.2, 0.25) is 5.02 Å². The second-order valence-electron chi connectivity index (χ2n) is 5.15. The number of aromatic nitrogens is 4. The number of rotatable bonds is 5. The van der Waals surface area contributed by atoms with E-state index in [0.717, 1.165) is 11.3 Å². The van der Waals surface area contributed by atoms with Crippen LogP contribution in [0.15, 0.2) is 48.9 Å². The smallest absolute Gasteiger partial charge is 0.251 e. The summed E-state index contributed by atoms with van der Waals surface area (Å²) in [5, 5.41) is 11.6. The molecule has 0 saturated carbocycles. The van der Waals surface area contributed by atoms with Crippen LogP contribution in [-0.2, 0) is 20.1 Å². The third kappa shape index (κ3) is 3.60. The van der Waals surface area contributed by atoms with Gasteiger partial charge in [0.1, 0.15) is 0 Å². The van der Waals surface area contributed by atoms with Crippen LogP contribution in [0.4, 0.5) is 0 Å². The van der Waals surface area contributed by atoms with E-state index >= 15 is 0 Å². The number of hydrogen-bond acceptors (Lipinski definition) is 3. The minimum absolute atomic E-state index is 0.149. The summed E-state index contributed by atoms with van der Waals surface area (Å²) in [7, 11) is 1.79. The summed E-state index contributed by atoms with van der Waals surface area (Å²) in [5.41, 5.74) is 2.39. The number of nitrogens with zero attached hydrogens (tertiary/aromatic N) is 4. The number of carbonyl (C=O) groups is 1. The summed E-state index contributed by atoms with van der Waals surface area (Å²) in [6, 6.07) is 9.35. The molecule has 0 aliphatic carbocycles. The first kappa shape index (κ1) is 15.3. The highest BCUT2D eigenvalue weighted by molar-refractivity contribution is 6.31. The van der Waals surface area contributed by atoms with Gasteiger partial charge in [-0.25, -0.2) is 0 Å². The lowest BCUT2D eigenvalue weighted by molar-refractivity contribution is 0.0950. The van der Waals surface area contributed by atoms with Crippen molar-refractivity contribution in [3.63, 3.8) is 0 Å². The fourth-order valence-corrected chi connectivity index (χ4v) is 2.53. The van der Waals surface area contributed by atoms with Gasteiger partial charge in [-0.3, -0.25) is 14.2 Å². The Kier molecular flexibility index (Phi) is 4.43. The fourth-order valence-electron chi connectivity index (χ4n) is 2.29. The summed E-state index contributed by atoms with van der Waals surface area (Å²) >= 11 is 6.03. The highest BCUT2D eigenvalue weighted by atomic mass is 35.5. The van der Waals surface area contributed by atoms with Crippen LogP contribution in [0.25, 0.3) is 0 Å². The Morgan fingerprint density at radius 2 is 2.17 bits per heavy atom. The van der Waals surface area contributed by atoms with Crippen molar-refractivity contribution in [3.8, 4) is 0 Å². The van der Waals surface area contributed by atoms with Gasteiger partial charge in [0.2, 0.25) is 0 Å². The van der Waals surface area contributed by atoms with E-state index < -0.39 is 0 Å². The van der Waals surface area contributed by atoms with Crippen molar-refractivity contribution in [2.24, 2.45) is 7.05 Å². The maximum Gasteiger partial charge on any atom is 0.251 e. The molecule has 3 aromatic rings. The standard InChI is InChI=1S/C16H16ClN5O/c1-21-15(14(17)9-20-21)10-18-16(23)13-5-2-4-12(8-13)11-22-7-3-6-19-22/h2-9H,10-11H2,1H3,(H,18,23). The zero-order valence-corrected chi connectivity index (χ0v) is 13.4. The minimum Gasteiger partial charge on any atom is -0.346 e. The molecular formula is C16H16ClN5O. The molecule has 1 aromatic carbocycles. The summed E-state index contributed by atoms with van der Waals surface area (Å²) < 4.78 is 3.46. The van der Waals surface area contributed by atoms with Gasteiger partial charge in [-0.2, -0.15) is 10.2 Å². The van der Waals surface area contributed by atoms with Crippen LogP contribution in [-0.4, -0.2) is 25.5 Å². The highest BCUT2D eigenvalue weighted by Crippen LogP contribution is 2.14. The molecular weight excluding hydrogens is 314 g/mol. The normalized spacial score (nSPS) is 10.7. The lowest BCUT2D eigenvalue weighted by Gasteiger charge is -2.08. The largest absolute Gasteiger partial charge is 0.346 e. The lowest BCUT2D eigenvalue weighted by Crippen LogP contribution is -2.24. The Morgan fingerprint density at radius 3 is 2.87 bits per heavy atom. The third-order valence-corrected chi connectivity index (χ3v) is 3.84. The van der Waals surface area contributed by atoms with E-state index in [9.17, 15) is 4.79 Å². The topological polar surface area (TPSA) is 64.7 Å². The summed E-state index contributed by atoms with van der Waals surface area (Å²) in [5.74, 6) is -0.149. The molecule has 2 heterocycles. The van der Waals surface area contributed by atoms with Crippen molar-refractivity contribution in [3.05, 3.63) is 70.8 Å². The maximum atomic E-state index is 12.3. The van der Waals surface area contributed by atoms with Gasteiger partial charge >= 0.3 is 0 Å². The van der Waals surface area contributed by atoms with Crippen LogP contribution in [0.1, 0.15) is 21.6 Å². The van der Waals surface area contributed by atoms with Gasteiger partial charge < -0.3 is 5.32 Å². The molecule has 7 heteroatoms. The number of nitrogens with one attached hydrogen (secondary N) is 1. The number of aryl methyl sites for hydroxylation is 1. The quantitative estimate of drug-likeness (QED) is 0.780. The average Bonchev–Trinajstić information content (AvgIpc) is 3.16. The van der Waals surface area contributed by atoms with E-state index in [4.69, 9.17) is 11.6 Å². The second-order valence-corrected chi connectivity index (χ2v) is 5.56. The Labute approximate surface area is 138 Å². The predicted octanol–water partition coefficient (Wildman–Crippen LogP) is 2.25. The van der Waals surface area contributed by atoms with Crippen molar-refractivity contribution >= 4 is 17.5 Å². The molecule has 118 valence electrons. The minimum atomic E-state index is -0.149. The van der Waals surface area contributed by atoms with Gasteiger partial charge in [0.05, 0.1) is 30.0 Å². The highest BCUT2D eigenvalue weighted by Gasteiger charge is 2.10. The molecule has 0 unspecified atom stereocenters. The molecule has 0 radical (unpaired) electrons. The zero-order chi connectivity index (χ0) is 16.2. The molecule has 0 spiro atoms. The van der Waals surface area contributed by atoms with E-state index in [0.29, 0.717) is 23.7 Å². The lowest BCUT2D eigenvalue weighted by atomic mass is 10.1. The first-order chi connectivity index (χ1) is 11.1. The summed E-state index contributed by atoms with van der Waals surface area (Å²) in [6.45, 7) is 0.958. The predicted molar refractivity (Wildman–Crippen MR) is 87.2 cm³/mol. The molecule has 23 heavy (non-hydrogen) atoms. The van der Waals surface area contributed by atoms with Crippen LogP contribution in [0.5, 0.6) is 0 Å². The maximum absolute atomic E-state index is 12.3. The molecule has 0 aliphatic heterocycles. The van der Waals surface area contributed by atoms with Gasteiger partial charge in [-0.15, -0.1) is 0 Å². The summed E-state index contributed by atoms with van der Waals surface area (Å²) in [4.78, 5) is 12.3. The Hall–Kier alpha value is -2.60. The molecule has 0 aliphatic rings. The molecule has 1 N–H and O–H groups in total. The number of amides is 1. The monoisotopic (exact) mass is 329 g/mol. The van der Waals surface area contributed by atoms with E-state index in [1.165, 1.54) is 0 Å². The number of hydrogen-bond donors (Lipinski definition) is 1. The van der Waals surface area contributed by atoms with E-state index in [2.05, 4.69) is 15.5 Å². The summed E-state index contributed by atoms with van der Waals surface area (Å²) in [6.07, 6.45) is 5.18. The first-order valence-electron chi connectivity index (χ1n) is 7.14. The third-order valence-electron chi connectivity index (χ3n) is 3.52. The number of halogens is 1. The zero-order valence-electron chi connectivity index (χ0n) is 12.6. The van der Waals surface area contributed by atoms with E-state index in [-0.39, 0.29) is 5.91 Å². The molecule has 0 bridgehead atoms. The molecule has 2 aromatic heterocycles. The number of carbonyl (C=O) groups excluding carboxylic acids is 1. The Bertz CT molecular complexity index is 790. The van der Waals surface area contributed by atoms with E-state index in [1.54, 1.807) is 30.2 Å². The van der Waals surface area contributed by atoms with Crippen LogP contribution in [0.3, 0.4) is 0 Å². The van der Waals surface area contributed by atoms with Gasteiger partial charge in [-0.05, 0) is 23.8 Å². The van der Waals surface area contributed by atoms with Crippen LogP contribution in [0, 0.1) is 0 Å². The van der Waals surface area contributed by atoms with Crippen LogP contribution >= 0.6 is 11.6 Å². The van der Waals surface area contributed by atoms with Gasteiger partial charge in [0.15, 0.2) is 0 Å².